The van der Waals surface area contributed by atoms with Gasteiger partial charge in [-0.2, -0.15) is 5.10 Å². The smallest absolute Gasteiger partial charge is 0.271 e. The molecule has 108 valence electrons. The molecule has 0 saturated heterocycles. The number of nitrogens with one attached hydrogen (secondary N) is 1. The van der Waals surface area contributed by atoms with Crippen LogP contribution in [-0.4, -0.2) is 40.3 Å². The van der Waals surface area contributed by atoms with Gasteiger partial charge >= 0.3 is 0 Å². The summed E-state index contributed by atoms with van der Waals surface area (Å²) >= 11 is 0. The fourth-order valence-corrected chi connectivity index (χ4v) is 2.01. The maximum Gasteiger partial charge on any atom is 0.271 e. The Morgan fingerprint density at radius 3 is 2.95 bits per heavy atom. The normalized spacial score (nSPS) is 10.9. The highest BCUT2D eigenvalue weighted by Gasteiger charge is 2.12. The summed E-state index contributed by atoms with van der Waals surface area (Å²) in [5, 5.41) is 7.11. The van der Waals surface area contributed by atoms with Crippen molar-refractivity contribution in [1.29, 1.82) is 0 Å². The number of amides is 1. The van der Waals surface area contributed by atoms with Crippen molar-refractivity contribution in [2.75, 3.05) is 19.8 Å². The molecule has 0 aliphatic carbocycles. The average Bonchev–Trinajstić information content (AvgIpc) is 2.82. The predicted octanol–water partition coefficient (Wildman–Crippen LogP) is 1.50. The van der Waals surface area contributed by atoms with E-state index >= 15 is 0 Å². The second kappa shape index (κ2) is 6.47. The second-order valence-corrected chi connectivity index (χ2v) is 4.64. The Balaban J connectivity index is 2.02. The summed E-state index contributed by atoms with van der Waals surface area (Å²) in [7, 11) is 0. The van der Waals surface area contributed by atoms with Gasteiger partial charge < -0.3 is 10.1 Å². The van der Waals surface area contributed by atoms with Gasteiger partial charge in [0.2, 0.25) is 0 Å². The van der Waals surface area contributed by atoms with Crippen molar-refractivity contribution in [3.63, 3.8) is 0 Å². The van der Waals surface area contributed by atoms with Crippen LogP contribution < -0.4 is 5.32 Å². The molecule has 6 nitrogen and oxygen atoms in total. The van der Waals surface area contributed by atoms with Gasteiger partial charge in [0.15, 0.2) is 11.3 Å². The van der Waals surface area contributed by atoms with E-state index in [1.807, 2.05) is 26.8 Å². The van der Waals surface area contributed by atoms with E-state index in [9.17, 15) is 4.79 Å². The van der Waals surface area contributed by atoms with Crippen molar-refractivity contribution in [1.82, 2.24) is 19.9 Å². The van der Waals surface area contributed by atoms with Gasteiger partial charge in [0.1, 0.15) is 0 Å². The number of carbonyl (C=O) groups is 1. The first kappa shape index (κ1) is 14.5. The van der Waals surface area contributed by atoms with Gasteiger partial charge in [0, 0.05) is 37.2 Å². The van der Waals surface area contributed by atoms with Crippen molar-refractivity contribution < 1.29 is 9.53 Å². The number of fused-ring (bicyclic) bond motifs is 1. The molecular formula is C14H20N4O2. The molecule has 0 unspecified atom stereocenters. The fraction of sp³-hybridized carbons (Fsp3) is 0.500. The Kier molecular flexibility index (Phi) is 4.68. The fourth-order valence-electron chi connectivity index (χ4n) is 2.01. The van der Waals surface area contributed by atoms with Crippen molar-refractivity contribution in [2.24, 2.45) is 0 Å². The van der Waals surface area contributed by atoms with Gasteiger partial charge in [-0.25, -0.2) is 9.50 Å². The van der Waals surface area contributed by atoms with Crippen LogP contribution in [0.5, 0.6) is 0 Å². The first-order valence-corrected chi connectivity index (χ1v) is 6.81. The molecular weight excluding hydrogens is 256 g/mol. The van der Waals surface area contributed by atoms with E-state index < -0.39 is 0 Å². The summed E-state index contributed by atoms with van der Waals surface area (Å²) in [5.74, 6) is -0.177. The number of nitrogens with zero attached hydrogens (tertiary/aromatic N) is 3. The third-order valence-electron chi connectivity index (χ3n) is 2.92. The topological polar surface area (TPSA) is 68.5 Å². The van der Waals surface area contributed by atoms with Gasteiger partial charge in [-0.15, -0.1) is 0 Å². The predicted molar refractivity (Wildman–Crippen MR) is 75.9 cm³/mol. The highest BCUT2D eigenvalue weighted by molar-refractivity contribution is 5.93. The molecule has 0 bridgehead atoms. The first-order chi connectivity index (χ1) is 9.61. The molecule has 2 aromatic rings. The minimum Gasteiger partial charge on any atom is -0.382 e. The number of aromatic nitrogens is 3. The Labute approximate surface area is 118 Å². The van der Waals surface area contributed by atoms with Crippen molar-refractivity contribution in [3.05, 3.63) is 29.2 Å². The molecule has 0 fully saturated rings. The molecule has 0 spiro atoms. The molecule has 0 radical (unpaired) electrons. The second-order valence-electron chi connectivity index (χ2n) is 4.64. The highest BCUT2D eigenvalue weighted by Crippen LogP contribution is 2.08. The quantitative estimate of drug-likeness (QED) is 0.812. The van der Waals surface area contributed by atoms with Gasteiger partial charge in [-0.1, -0.05) is 0 Å². The Bertz CT molecular complexity index is 606. The molecule has 0 aliphatic heterocycles. The lowest BCUT2D eigenvalue weighted by molar-refractivity contribution is 0.0939. The highest BCUT2D eigenvalue weighted by atomic mass is 16.5. The van der Waals surface area contributed by atoms with Crippen LogP contribution in [0, 0.1) is 13.8 Å². The summed E-state index contributed by atoms with van der Waals surface area (Å²) < 4.78 is 6.90. The SMILES string of the molecule is CCOCCCNC(=O)c1cc2nc(C)cc(C)n2n1. The number of ether oxygens (including phenoxy) is 1. The van der Waals surface area contributed by atoms with Crippen molar-refractivity contribution >= 4 is 11.6 Å². The molecule has 0 saturated carbocycles. The van der Waals surface area contributed by atoms with Gasteiger partial charge in [-0.3, -0.25) is 4.79 Å². The van der Waals surface area contributed by atoms with Crippen LogP contribution in [-0.2, 0) is 4.74 Å². The molecule has 2 rings (SSSR count). The Morgan fingerprint density at radius 1 is 1.40 bits per heavy atom. The molecule has 0 atom stereocenters. The molecule has 1 N–H and O–H groups in total. The Hall–Kier alpha value is -1.95. The van der Waals surface area contributed by atoms with Crippen LogP contribution in [0.4, 0.5) is 0 Å². The van der Waals surface area contributed by atoms with Crippen LogP contribution in [0.3, 0.4) is 0 Å². The minimum atomic E-state index is -0.177. The van der Waals surface area contributed by atoms with E-state index in [4.69, 9.17) is 4.74 Å². The lowest BCUT2D eigenvalue weighted by atomic mass is 10.3. The standard InChI is InChI=1S/C14H20N4O2/c1-4-20-7-5-6-15-14(19)12-9-13-16-10(2)8-11(3)18(13)17-12/h8-9H,4-7H2,1-3H3,(H,15,19). The van der Waals surface area contributed by atoms with E-state index in [1.165, 1.54) is 0 Å². The number of aryl methyl sites for hydroxylation is 2. The van der Waals surface area contributed by atoms with Crippen molar-refractivity contribution in [3.8, 4) is 0 Å². The molecule has 20 heavy (non-hydrogen) atoms. The zero-order chi connectivity index (χ0) is 14.5. The van der Waals surface area contributed by atoms with Crippen LogP contribution in [0.25, 0.3) is 5.65 Å². The van der Waals surface area contributed by atoms with Crippen LogP contribution in [0.15, 0.2) is 12.1 Å². The van der Waals surface area contributed by atoms with Crippen LogP contribution in [0.2, 0.25) is 0 Å². The largest absolute Gasteiger partial charge is 0.382 e. The van der Waals surface area contributed by atoms with E-state index in [1.54, 1.807) is 10.6 Å². The third kappa shape index (κ3) is 3.33. The van der Waals surface area contributed by atoms with Gasteiger partial charge in [0.05, 0.1) is 0 Å². The number of hydrogen-bond donors (Lipinski definition) is 1. The first-order valence-electron chi connectivity index (χ1n) is 6.81. The van der Waals surface area contributed by atoms with E-state index in [0.29, 0.717) is 31.1 Å². The zero-order valence-corrected chi connectivity index (χ0v) is 12.1. The summed E-state index contributed by atoms with van der Waals surface area (Å²) in [4.78, 5) is 16.3. The average molecular weight is 276 g/mol. The number of hydrogen-bond acceptors (Lipinski definition) is 4. The minimum absolute atomic E-state index is 0.177. The lowest BCUT2D eigenvalue weighted by Gasteiger charge is -2.03. The van der Waals surface area contributed by atoms with Gasteiger partial charge in [0.25, 0.3) is 5.91 Å². The van der Waals surface area contributed by atoms with E-state index in [0.717, 1.165) is 17.8 Å². The van der Waals surface area contributed by atoms with E-state index in [2.05, 4.69) is 15.4 Å². The van der Waals surface area contributed by atoms with Crippen LogP contribution in [0.1, 0.15) is 35.2 Å². The molecule has 1 amide bonds. The molecule has 0 aliphatic rings. The maximum atomic E-state index is 12.0. The van der Waals surface area contributed by atoms with Gasteiger partial charge in [-0.05, 0) is 33.3 Å². The number of rotatable bonds is 6. The van der Waals surface area contributed by atoms with Crippen LogP contribution >= 0.6 is 0 Å². The summed E-state index contributed by atoms with van der Waals surface area (Å²) in [6.07, 6.45) is 0.795. The summed E-state index contributed by atoms with van der Waals surface area (Å²) in [5.41, 5.74) is 2.96. The molecule has 2 heterocycles. The third-order valence-corrected chi connectivity index (χ3v) is 2.92. The Morgan fingerprint density at radius 2 is 2.20 bits per heavy atom. The summed E-state index contributed by atoms with van der Waals surface area (Å²) in [6, 6.07) is 3.64. The maximum absolute atomic E-state index is 12.0. The zero-order valence-electron chi connectivity index (χ0n) is 12.1. The monoisotopic (exact) mass is 276 g/mol. The summed E-state index contributed by atoms with van der Waals surface area (Å²) in [6.45, 7) is 7.75. The molecule has 6 heteroatoms. The van der Waals surface area contributed by atoms with Crippen molar-refractivity contribution in [2.45, 2.75) is 27.2 Å². The lowest BCUT2D eigenvalue weighted by Crippen LogP contribution is -2.25. The molecule has 2 aromatic heterocycles. The molecule has 0 aromatic carbocycles. The number of carbonyl (C=O) groups excluding carboxylic acids is 1. The van der Waals surface area contributed by atoms with E-state index in [-0.39, 0.29) is 5.91 Å².